The summed E-state index contributed by atoms with van der Waals surface area (Å²) in [5.74, 6) is -1.64. The van der Waals surface area contributed by atoms with E-state index in [0.717, 1.165) is 0 Å². The molecule has 26 heavy (non-hydrogen) atoms. The predicted octanol–water partition coefficient (Wildman–Crippen LogP) is 2.14. The molecule has 1 fully saturated rings. The maximum Gasteiger partial charge on any atom is 0.339 e. The summed E-state index contributed by atoms with van der Waals surface area (Å²) in [6.07, 6.45) is 1.21. The normalized spacial score (nSPS) is 13.9. The summed E-state index contributed by atoms with van der Waals surface area (Å²) >= 11 is 5.98. The van der Waals surface area contributed by atoms with Gasteiger partial charge < -0.3 is 9.15 Å². The molecule has 0 spiro atoms. The van der Waals surface area contributed by atoms with E-state index in [2.05, 4.69) is 4.74 Å². The Balaban J connectivity index is 1.92. The molecule has 1 aliphatic heterocycles. The highest BCUT2D eigenvalue weighted by molar-refractivity contribution is 6.33. The fourth-order valence-electron chi connectivity index (χ4n) is 2.28. The van der Waals surface area contributed by atoms with Crippen molar-refractivity contribution in [2.45, 2.75) is 0 Å². The van der Waals surface area contributed by atoms with Crippen molar-refractivity contribution in [3.8, 4) is 11.3 Å². The van der Waals surface area contributed by atoms with Crippen molar-refractivity contribution in [2.24, 2.45) is 0 Å². The SMILES string of the molecule is COC(=O)c1cc(-c2ccc(C=C3C(=O)NC(=O)NC3=O)o2)ccc1Cl. The molecule has 3 rings (SSSR count). The molecule has 0 atom stereocenters. The number of hydrogen-bond acceptors (Lipinski definition) is 6. The zero-order valence-corrected chi connectivity index (χ0v) is 14.0. The smallest absolute Gasteiger partial charge is 0.339 e. The minimum atomic E-state index is -0.881. The van der Waals surface area contributed by atoms with Gasteiger partial charge in [0.1, 0.15) is 17.1 Å². The quantitative estimate of drug-likeness (QED) is 0.483. The number of rotatable bonds is 3. The van der Waals surface area contributed by atoms with Crippen molar-refractivity contribution in [3.63, 3.8) is 0 Å². The van der Waals surface area contributed by atoms with E-state index in [1.165, 1.54) is 31.4 Å². The molecule has 1 aromatic heterocycles. The average molecular weight is 375 g/mol. The van der Waals surface area contributed by atoms with Crippen LogP contribution in [-0.2, 0) is 14.3 Å². The van der Waals surface area contributed by atoms with Crippen molar-refractivity contribution in [1.29, 1.82) is 0 Å². The van der Waals surface area contributed by atoms with Crippen molar-refractivity contribution < 1.29 is 28.3 Å². The highest BCUT2D eigenvalue weighted by Crippen LogP contribution is 2.28. The van der Waals surface area contributed by atoms with E-state index in [0.29, 0.717) is 11.3 Å². The third-order valence-corrected chi connectivity index (χ3v) is 3.84. The Labute approximate surface area is 151 Å². The van der Waals surface area contributed by atoms with Crippen LogP contribution in [0.3, 0.4) is 0 Å². The first-order chi connectivity index (χ1) is 12.4. The molecular weight excluding hydrogens is 364 g/mol. The Kier molecular flexibility index (Phi) is 4.59. The average Bonchev–Trinajstić information content (AvgIpc) is 3.06. The molecule has 1 saturated heterocycles. The number of halogens is 1. The Morgan fingerprint density at radius 1 is 1.12 bits per heavy atom. The van der Waals surface area contributed by atoms with Crippen LogP contribution in [0, 0.1) is 0 Å². The molecule has 0 bridgehead atoms. The molecule has 0 saturated carbocycles. The first-order valence-electron chi connectivity index (χ1n) is 7.25. The van der Waals surface area contributed by atoms with E-state index in [9.17, 15) is 19.2 Å². The summed E-state index contributed by atoms with van der Waals surface area (Å²) in [6, 6.07) is 6.92. The fourth-order valence-corrected chi connectivity index (χ4v) is 2.47. The third kappa shape index (κ3) is 3.35. The Morgan fingerprint density at radius 3 is 2.46 bits per heavy atom. The van der Waals surface area contributed by atoms with Gasteiger partial charge in [-0.25, -0.2) is 9.59 Å². The van der Waals surface area contributed by atoms with E-state index in [4.69, 9.17) is 16.0 Å². The van der Waals surface area contributed by atoms with Gasteiger partial charge >= 0.3 is 12.0 Å². The number of carbonyl (C=O) groups excluding carboxylic acids is 4. The molecule has 132 valence electrons. The first-order valence-corrected chi connectivity index (χ1v) is 7.63. The second-order valence-electron chi connectivity index (χ2n) is 5.18. The number of amides is 4. The van der Waals surface area contributed by atoms with E-state index in [1.54, 1.807) is 12.1 Å². The minimum absolute atomic E-state index is 0.174. The van der Waals surface area contributed by atoms with Crippen LogP contribution in [0.25, 0.3) is 17.4 Å². The van der Waals surface area contributed by atoms with Crippen molar-refractivity contribution >= 4 is 41.5 Å². The van der Waals surface area contributed by atoms with Gasteiger partial charge in [-0.15, -0.1) is 0 Å². The Morgan fingerprint density at radius 2 is 1.81 bits per heavy atom. The maximum atomic E-state index is 11.7. The molecular formula is C17H11ClN2O6. The Hall–Kier alpha value is -3.39. The number of esters is 1. The number of ether oxygens (including phenoxy) is 1. The van der Waals surface area contributed by atoms with Gasteiger partial charge in [0.05, 0.1) is 17.7 Å². The maximum absolute atomic E-state index is 11.7. The largest absolute Gasteiger partial charge is 0.465 e. The van der Waals surface area contributed by atoms with Gasteiger partial charge in [0, 0.05) is 5.56 Å². The molecule has 2 heterocycles. The Bertz CT molecular complexity index is 953. The second-order valence-corrected chi connectivity index (χ2v) is 5.59. The second kappa shape index (κ2) is 6.85. The van der Waals surface area contributed by atoms with Gasteiger partial charge in [0.25, 0.3) is 11.8 Å². The molecule has 0 unspecified atom stereocenters. The van der Waals surface area contributed by atoms with Crippen LogP contribution in [0.5, 0.6) is 0 Å². The number of methoxy groups -OCH3 is 1. The van der Waals surface area contributed by atoms with Crippen molar-refractivity contribution in [2.75, 3.05) is 7.11 Å². The van der Waals surface area contributed by atoms with Crippen LogP contribution in [-0.4, -0.2) is 30.9 Å². The standard InChI is InChI=1S/C17H11ClN2O6/c1-25-16(23)10-6-8(2-4-12(10)18)13-5-3-9(26-13)7-11-14(21)19-17(24)20-15(11)22/h2-7H,1H3,(H2,19,20,21,22,24). The van der Waals surface area contributed by atoms with Crippen molar-refractivity contribution in [1.82, 2.24) is 10.6 Å². The van der Waals surface area contributed by atoms with Gasteiger partial charge in [-0.1, -0.05) is 11.6 Å². The molecule has 0 radical (unpaired) electrons. The lowest BCUT2D eigenvalue weighted by Crippen LogP contribution is -2.51. The number of benzene rings is 1. The molecule has 9 heteroatoms. The van der Waals surface area contributed by atoms with Crippen LogP contribution in [0.4, 0.5) is 4.79 Å². The highest BCUT2D eigenvalue weighted by Gasteiger charge is 2.28. The number of urea groups is 1. The van der Waals surface area contributed by atoms with E-state index >= 15 is 0 Å². The van der Waals surface area contributed by atoms with Crippen LogP contribution in [0.2, 0.25) is 5.02 Å². The lowest BCUT2D eigenvalue weighted by Gasteiger charge is -2.13. The lowest BCUT2D eigenvalue weighted by molar-refractivity contribution is -0.123. The number of carbonyl (C=O) groups is 4. The van der Waals surface area contributed by atoms with Gasteiger partial charge in [0.15, 0.2) is 0 Å². The van der Waals surface area contributed by atoms with Gasteiger partial charge in [0.2, 0.25) is 0 Å². The lowest BCUT2D eigenvalue weighted by atomic mass is 10.1. The molecule has 1 aliphatic rings. The third-order valence-electron chi connectivity index (χ3n) is 3.51. The van der Waals surface area contributed by atoms with Crippen LogP contribution in [0.1, 0.15) is 16.1 Å². The van der Waals surface area contributed by atoms with Crippen LogP contribution >= 0.6 is 11.6 Å². The molecule has 0 aliphatic carbocycles. The summed E-state index contributed by atoms with van der Waals surface area (Å²) < 4.78 is 10.3. The van der Waals surface area contributed by atoms with E-state index in [-0.39, 0.29) is 21.9 Å². The van der Waals surface area contributed by atoms with E-state index < -0.39 is 23.8 Å². The molecule has 2 aromatic rings. The van der Waals surface area contributed by atoms with Crippen LogP contribution < -0.4 is 10.6 Å². The highest BCUT2D eigenvalue weighted by atomic mass is 35.5. The molecule has 2 N–H and O–H groups in total. The zero-order chi connectivity index (χ0) is 18.8. The topological polar surface area (TPSA) is 115 Å². The van der Waals surface area contributed by atoms with Crippen molar-refractivity contribution in [3.05, 3.63) is 52.3 Å². The summed E-state index contributed by atoms with van der Waals surface area (Å²) in [4.78, 5) is 46.2. The number of nitrogens with one attached hydrogen (secondary N) is 2. The molecule has 1 aromatic carbocycles. The number of furan rings is 1. The summed E-state index contributed by atoms with van der Waals surface area (Å²) in [7, 11) is 1.24. The van der Waals surface area contributed by atoms with Gasteiger partial charge in [-0.05, 0) is 36.4 Å². The monoisotopic (exact) mass is 374 g/mol. The minimum Gasteiger partial charge on any atom is -0.465 e. The van der Waals surface area contributed by atoms with Crippen LogP contribution in [0.15, 0.2) is 40.3 Å². The number of barbiturate groups is 1. The summed E-state index contributed by atoms with van der Waals surface area (Å²) in [6.45, 7) is 0. The summed E-state index contributed by atoms with van der Waals surface area (Å²) in [5, 5.41) is 4.16. The fraction of sp³-hybridized carbons (Fsp3) is 0.0588. The summed E-state index contributed by atoms with van der Waals surface area (Å²) in [5.41, 5.74) is 0.455. The molecule has 8 nitrogen and oxygen atoms in total. The van der Waals surface area contributed by atoms with Gasteiger partial charge in [-0.2, -0.15) is 0 Å². The zero-order valence-electron chi connectivity index (χ0n) is 13.3. The van der Waals surface area contributed by atoms with Gasteiger partial charge in [-0.3, -0.25) is 20.2 Å². The first kappa shape index (κ1) is 17.4. The number of imide groups is 2. The molecule has 4 amide bonds. The number of hydrogen-bond donors (Lipinski definition) is 2. The van der Waals surface area contributed by atoms with E-state index in [1.807, 2.05) is 10.6 Å². The predicted molar refractivity (Wildman–Crippen MR) is 90.2 cm³/mol.